The van der Waals surface area contributed by atoms with Crippen molar-refractivity contribution in [1.29, 1.82) is 0 Å². The summed E-state index contributed by atoms with van der Waals surface area (Å²) in [5, 5.41) is 4.14. The molecule has 0 fully saturated rings. The lowest BCUT2D eigenvalue weighted by molar-refractivity contribution is 0.264. The zero-order valence-corrected chi connectivity index (χ0v) is 12.0. The highest BCUT2D eigenvalue weighted by atomic mass is 35.5. The summed E-state index contributed by atoms with van der Waals surface area (Å²) < 4.78 is 5.76. The van der Waals surface area contributed by atoms with Crippen LogP contribution in [0.3, 0.4) is 0 Å². The van der Waals surface area contributed by atoms with Gasteiger partial charge < -0.3 is 10.1 Å². The van der Waals surface area contributed by atoms with Crippen LogP contribution in [-0.4, -0.2) is 19.2 Å². The molecule has 1 aromatic rings. The van der Waals surface area contributed by atoms with Crippen LogP contribution in [0, 0.1) is 0 Å². The number of hydrogen-bond acceptors (Lipinski definition) is 2. The fourth-order valence-electron chi connectivity index (χ4n) is 1.70. The zero-order chi connectivity index (χ0) is 13.4. The van der Waals surface area contributed by atoms with Crippen LogP contribution in [0.5, 0.6) is 5.75 Å². The highest BCUT2D eigenvalue weighted by Gasteiger charge is 2.09. The van der Waals surface area contributed by atoms with E-state index in [1.54, 1.807) is 0 Å². The van der Waals surface area contributed by atoms with Crippen LogP contribution >= 0.6 is 11.6 Å². The molecule has 1 N–H and O–H groups in total. The van der Waals surface area contributed by atoms with Gasteiger partial charge in [0, 0.05) is 11.1 Å². The first-order valence-corrected chi connectivity index (χ1v) is 6.81. The number of benzene rings is 1. The van der Waals surface area contributed by atoms with Crippen molar-refractivity contribution >= 4 is 11.6 Å². The molecule has 0 spiro atoms. The summed E-state index contributed by atoms with van der Waals surface area (Å²) in [4.78, 5) is 0. The molecule has 0 aliphatic heterocycles. The Morgan fingerprint density at radius 3 is 2.56 bits per heavy atom. The molecule has 100 valence electrons. The summed E-state index contributed by atoms with van der Waals surface area (Å²) in [6, 6.07) is 7.77. The Labute approximate surface area is 115 Å². The topological polar surface area (TPSA) is 21.3 Å². The predicted molar refractivity (Wildman–Crippen MR) is 78.5 cm³/mol. The average molecular weight is 268 g/mol. The maximum absolute atomic E-state index is 5.83. The largest absolute Gasteiger partial charge is 0.492 e. The summed E-state index contributed by atoms with van der Waals surface area (Å²) in [5.74, 6) is 0.851. The van der Waals surface area contributed by atoms with Crippen LogP contribution in [0.1, 0.15) is 26.7 Å². The van der Waals surface area contributed by atoms with E-state index in [2.05, 4.69) is 25.7 Å². The van der Waals surface area contributed by atoms with E-state index in [4.69, 9.17) is 16.3 Å². The minimum Gasteiger partial charge on any atom is -0.492 e. The molecule has 0 radical (unpaired) electrons. The maximum atomic E-state index is 5.83. The van der Waals surface area contributed by atoms with Crippen molar-refractivity contribution in [3.05, 3.63) is 41.4 Å². The van der Waals surface area contributed by atoms with E-state index in [1.165, 1.54) is 5.57 Å². The Hall–Kier alpha value is -0.990. The summed E-state index contributed by atoms with van der Waals surface area (Å²) in [7, 11) is 0. The Morgan fingerprint density at radius 2 is 2.00 bits per heavy atom. The lowest BCUT2D eigenvalue weighted by atomic mass is 10.1. The van der Waals surface area contributed by atoms with Gasteiger partial charge in [0.2, 0.25) is 0 Å². The van der Waals surface area contributed by atoms with E-state index in [-0.39, 0.29) is 0 Å². The molecular formula is C15H22ClNO. The minimum atomic E-state index is 0.318. The molecule has 0 aliphatic carbocycles. The number of hydrogen-bond donors (Lipinski definition) is 1. The first-order valence-electron chi connectivity index (χ1n) is 6.44. The summed E-state index contributed by atoms with van der Waals surface area (Å²) in [5.41, 5.74) is 1.25. The van der Waals surface area contributed by atoms with Gasteiger partial charge in [0.1, 0.15) is 12.4 Å². The van der Waals surface area contributed by atoms with E-state index in [1.807, 2.05) is 24.3 Å². The molecule has 2 nitrogen and oxygen atoms in total. The molecule has 18 heavy (non-hydrogen) atoms. The van der Waals surface area contributed by atoms with Gasteiger partial charge in [-0.2, -0.15) is 0 Å². The van der Waals surface area contributed by atoms with Crippen LogP contribution in [0.15, 0.2) is 36.4 Å². The predicted octanol–water partition coefficient (Wildman–Crippen LogP) is 4.05. The fourth-order valence-corrected chi connectivity index (χ4v) is 1.83. The molecule has 0 saturated carbocycles. The van der Waals surface area contributed by atoms with E-state index >= 15 is 0 Å². The zero-order valence-electron chi connectivity index (χ0n) is 11.2. The highest BCUT2D eigenvalue weighted by Crippen LogP contribution is 2.16. The molecule has 0 bridgehead atoms. The third-order valence-corrected chi connectivity index (χ3v) is 3.04. The second-order valence-electron chi connectivity index (χ2n) is 4.33. The van der Waals surface area contributed by atoms with Gasteiger partial charge in [-0.1, -0.05) is 37.6 Å². The molecule has 1 aromatic carbocycles. The van der Waals surface area contributed by atoms with Gasteiger partial charge in [0.15, 0.2) is 0 Å². The van der Waals surface area contributed by atoms with Gasteiger partial charge in [0.25, 0.3) is 0 Å². The van der Waals surface area contributed by atoms with Crippen LogP contribution in [-0.2, 0) is 0 Å². The molecule has 0 amide bonds. The molecule has 1 atom stereocenters. The Kier molecular flexibility index (Phi) is 6.84. The molecule has 0 saturated heterocycles. The first-order chi connectivity index (χ1) is 8.65. The van der Waals surface area contributed by atoms with E-state index in [0.29, 0.717) is 12.6 Å². The lowest BCUT2D eigenvalue weighted by Crippen LogP contribution is -2.34. The number of ether oxygens (including phenoxy) is 1. The van der Waals surface area contributed by atoms with Crippen molar-refractivity contribution in [2.45, 2.75) is 32.7 Å². The molecule has 1 rings (SSSR count). The highest BCUT2D eigenvalue weighted by molar-refractivity contribution is 6.30. The van der Waals surface area contributed by atoms with E-state index in [0.717, 1.165) is 30.2 Å². The molecule has 1 unspecified atom stereocenters. The Morgan fingerprint density at radius 1 is 1.33 bits per heavy atom. The normalized spacial score (nSPS) is 12.2. The van der Waals surface area contributed by atoms with Crippen molar-refractivity contribution < 1.29 is 4.74 Å². The Balaban J connectivity index is 2.45. The van der Waals surface area contributed by atoms with Crippen molar-refractivity contribution in [2.24, 2.45) is 0 Å². The van der Waals surface area contributed by atoms with Crippen LogP contribution in [0.2, 0.25) is 5.02 Å². The minimum absolute atomic E-state index is 0.318. The smallest absolute Gasteiger partial charge is 0.119 e. The number of halogens is 1. The van der Waals surface area contributed by atoms with Gasteiger partial charge >= 0.3 is 0 Å². The van der Waals surface area contributed by atoms with Crippen molar-refractivity contribution in [3.8, 4) is 5.75 Å². The number of likely N-dealkylation sites (N-methyl/N-ethyl adjacent to an activating group) is 1. The second kappa shape index (κ2) is 8.17. The van der Waals surface area contributed by atoms with Crippen LogP contribution in [0.25, 0.3) is 0 Å². The number of nitrogens with one attached hydrogen (secondary N) is 1. The van der Waals surface area contributed by atoms with Gasteiger partial charge in [-0.15, -0.1) is 0 Å². The van der Waals surface area contributed by atoms with Crippen molar-refractivity contribution in [2.75, 3.05) is 13.2 Å². The third kappa shape index (κ3) is 5.56. The molecule has 0 aromatic heterocycles. The Bertz CT molecular complexity index is 361. The molecule has 0 aliphatic rings. The average Bonchev–Trinajstić information content (AvgIpc) is 2.38. The molecule has 3 heteroatoms. The van der Waals surface area contributed by atoms with E-state index in [9.17, 15) is 0 Å². The second-order valence-corrected chi connectivity index (χ2v) is 4.76. The lowest BCUT2D eigenvalue weighted by Gasteiger charge is -2.19. The SMILES string of the molecule is C=C(CC)CC(COc1ccc(Cl)cc1)NCC. The summed E-state index contributed by atoms with van der Waals surface area (Å²) in [6.07, 6.45) is 1.97. The van der Waals surface area contributed by atoms with Crippen LogP contribution in [0.4, 0.5) is 0 Å². The fraction of sp³-hybridized carbons (Fsp3) is 0.467. The van der Waals surface area contributed by atoms with Gasteiger partial charge in [-0.05, 0) is 43.7 Å². The summed E-state index contributed by atoms with van der Waals surface area (Å²) >= 11 is 5.83. The monoisotopic (exact) mass is 267 g/mol. The maximum Gasteiger partial charge on any atom is 0.119 e. The number of rotatable bonds is 8. The third-order valence-electron chi connectivity index (χ3n) is 2.79. The van der Waals surface area contributed by atoms with Crippen molar-refractivity contribution in [1.82, 2.24) is 5.32 Å². The van der Waals surface area contributed by atoms with E-state index < -0.39 is 0 Å². The van der Waals surface area contributed by atoms with Gasteiger partial charge in [-0.3, -0.25) is 0 Å². The quantitative estimate of drug-likeness (QED) is 0.718. The van der Waals surface area contributed by atoms with Gasteiger partial charge in [0.05, 0.1) is 0 Å². The molecular weight excluding hydrogens is 246 g/mol. The standard InChI is InChI=1S/C15H22ClNO/c1-4-12(3)10-14(17-5-2)11-18-15-8-6-13(16)7-9-15/h6-9,14,17H,3-5,10-11H2,1-2H3. The summed E-state index contributed by atoms with van der Waals surface area (Å²) in [6.45, 7) is 9.86. The first kappa shape index (κ1) is 15.1. The van der Waals surface area contributed by atoms with Crippen LogP contribution < -0.4 is 10.1 Å². The molecule has 0 heterocycles. The van der Waals surface area contributed by atoms with Crippen molar-refractivity contribution in [3.63, 3.8) is 0 Å². The van der Waals surface area contributed by atoms with Gasteiger partial charge in [-0.25, -0.2) is 0 Å².